The molecule has 0 aromatic heterocycles. The summed E-state index contributed by atoms with van der Waals surface area (Å²) in [7, 11) is 0. The van der Waals surface area contributed by atoms with Gasteiger partial charge >= 0.3 is 0 Å². The molecule has 0 fully saturated rings. The van der Waals surface area contributed by atoms with Crippen LogP contribution in [-0.4, -0.2) is 24.9 Å². The van der Waals surface area contributed by atoms with Gasteiger partial charge in [-0.25, -0.2) is 0 Å². The van der Waals surface area contributed by atoms with E-state index in [4.69, 9.17) is 15.1 Å². The second-order valence-corrected chi connectivity index (χ2v) is 1.10. The predicted octanol–water partition coefficient (Wildman–Crippen LogP) is 0.545. The van der Waals surface area contributed by atoms with Gasteiger partial charge in [-0.15, -0.1) is 0 Å². The zero-order valence-corrected chi connectivity index (χ0v) is 5.92. The van der Waals surface area contributed by atoms with Crippen molar-refractivity contribution in [2.45, 2.75) is 13.8 Å². The number of ether oxygens (including phenoxy) is 1. The van der Waals surface area contributed by atoms with Crippen LogP contribution in [0.4, 0.5) is 0 Å². The van der Waals surface area contributed by atoms with Crippen molar-refractivity contribution in [2.24, 2.45) is 0 Å². The molecule has 0 aromatic rings. The predicted molar refractivity (Wildman–Crippen MR) is 34.9 cm³/mol. The Balaban J connectivity index is 0. The molecule has 0 rings (SSSR count). The summed E-state index contributed by atoms with van der Waals surface area (Å²) in [5.41, 5.74) is 0. The van der Waals surface area contributed by atoms with Gasteiger partial charge in [0.25, 0.3) is 0 Å². The third-order valence-corrected chi connectivity index (χ3v) is 0.479. The molecule has 0 aliphatic heterocycles. The molecule has 0 amide bonds. The van der Waals surface area contributed by atoms with E-state index in [9.17, 15) is 0 Å². The first-order valence-corrected chi connectivity index (χ1v) is 2.88. The Kier molecular flexibility index (Phi) is 19.5. The van der Waals surface area contributed by atoms with Gasteiger partial charge in [0.15, 0.2) is 0 Å². The standard InChI is InChI=1S/C4H10O.C2H3NO/c1-3-5-4-2;3-1-2-4/h3-4H2,1-2H3;4H,2H2. The molecule has 0 spiro atoms. The van der Waals surface area contributed by atoms with Gasteiger partial charge in [0.2, 0.25) is 0 Å². The smallest absolute Gasteiger partial charge is 0.130 e. The van der Waals surface area contributed by atoms with Crippen molar-refractivity contribution in [3.63, 3.8) is 0 Å². The van der Waals surface area contributed by atoms with Crippen molar-refractivity contribution in [3.05, 3.63) is 0 Å². The van der Waals surface area contributed by atoms with Crippen LogP contribution in [0, 0.1) is 11.3 Å². The van der Waals surface area contributed by atoms with Gasteiger partial charge in [-0.3, -0.25) is 0 Å². The van der Waals surface area contributed by atoms with Crippen LogP contribution in [0.25, 0.3) is 0 Å². The molecular formula is C6H13NO2. The maximum atomic E-state index is 7.51. The van der Waals surface area contributed by atoms with Crippen molar-refractivity contribution in [1.82, 2.24) is 0 Å². The van der Waals surface area contributed by atoms with Crippen LogP contribution in [0.3, 0.4) is 0 Å². The summed E-state index contributed by atoms with van der Waals surface area (Å²) in [5.74, 6) is 0. The number of hydrogen-bond donors (Lipinski definition) is 1. The highest BCUT2D eigenvalue weighted by atomic mass is 16.5. The first kappa shape index (κ1) is 11.2. The van der Waals surface area contributed by atoms with Crippen molar-refractivity contribution in [1.29, 1.82) is 5.26 Å². The number of aliphatic hydroxyl groups excluding tert-OH is 1. The Morgan fingerprint density at radius 2 is 1.78 bits per heavy atom. The fourth-order valence-corrected chi connectivity index (χ4v) is 0.204. The van der Waals surface area contributed by atoms with E-state index in [0.29, 0.717) is 0 Å². The molecule has 0 bridgehead atoms. The summed E-state index contributed by atoms with van der Waals surface area (Å²) < 4.78 is 4.83. The Hall–Kier alpha value is -0.590. The lowest BCUT2D eigenvalue weighted by Gasteiger charge is -1.86. The molecule has 0 atom stereocenters. The molecule has 9 heavy (non-hydrogen) atoms. The molecule has 0 unspecified atom stereocenters. The molecule has 0 aromatic carbocycles. The van der Waals surface area contributed by atoms with E-state index in [2.05, 4.69) is 0 Å². The van der Waals surface area contributed by atoms with Crippen LogP contribution in [0.15, 0.2) is 0 Å². The lowest BCUT2D eigenvalue weighted by atomic mass is 10.8. The Morgan fingerprint density at radius 1 is 1.44 bits per heavy atom. The molecule has 0 saturated heterocycles. The monoisotopic (exact) mass is 131 g/mol. The van der Waals surface area contributed by atoms with E-state index in [1.165, 1.54) is 6.07 Å². The third kappa shape index (κ3) is 37.3. The fraction of sp³-hybridized carbons (Fsp3) is 0.833. The minimum atomic E-state index is -0.375. The average Bonchev–Trinajstić information content (AvgIpc) is 1.91. The normalized spacial score (nSPS) is 6.89. The lowest BCUT2D eigenvalue weighted by molar-refractivity contribution is 0.162. The van der Waals surface area contributed by atoms with Crippen LogP contribution >= 0.6 is 0 Å². The zero-order valence-electron chi connectivity index (χ0n) is 5.92. The molecule has 0 saturated carbocycles. The molecule has 0 radical (unpaired) electrons. The summed E-state index contributed by atoms with van der Waals surface area (Å²) in [6.07, 6.45) is 0. The number of hydrogen-bond acceptors (Lipinski definition) is 3. The van der Waals surface area contributed by atoms with Crippen LogP contribution in [0.5, 0.6) is 0 Å². The number of rotatable bonds is 2. The van der Waals surface area contributed by atoms with E-state index in [1.54, 1.807) is 0 Å². The molecule has 3 heteroatoms. The van der Waals surface area contributed by atoms with E-state index in [1.807, 2.05) is 13.8 Å². The summed E-state index contributed by atoms with van der Waals surface area (Å²) in [5, 5.41) is 14.9. The highest BCUT2D eigenvalue weighted by molar-refractivity contribution is 4.63. The fourth-order valence-electron chi connectivity index (χ4n) is 0.204. The largest absolute Gasteiger partial charge is 0.382 e. The van der Waals surface area contributed by atoms with Crippen molar-refractivity contribution < 1.29 is 9.84 Å². The molecule has 3 nitrogen and oxygen atoms in total. The highest BCUT2D eigenvalue weighted by Crippen LogP contribution is 1.64. The minimum absolute atomic E-state index is 0.375. The van der Waals surface area contributed by atoms with Gasteiger partial charge in [-0.05, 0) is 13.8 Å². The quantitative estimate of drug-likeness (QED) is 0.556. The molecule has 54 valence electrons. The van der Waals surface area contributed by atoms with E-state index >= 15 is 0 Å². The van der Waals surface area contributed by atoms with E-state index in [-0.39, 0.29) is 6.61 Å². The second kappa shape index (κ2) is 15.7. The van der Waals surface area contributed by atoms with E-state index in [0.717, 1.165) is 13.2 Å². The van der Waals surface area contributed by atoms with Gasteiger partial charge < -0.3 is 9.84 Å². The summed E-state index contributed by atoms with van der Waals surface area (Å²) in [4.78, 5) is 0. The minimum Gasteiger partial charge on any atom is -0.382 e. The average molecular weight is 131 g/mol. The highest BCUT2D eigenvalue weighted by Gasteiger charge is 1.64. The van der Waals surface area contributed by atoms with Crippen LogP contribution in [-0.2, 0) is 4.74 Å². The van der Waals surface area contributed by atoms with Crippen LogP contribution in [0.1, 0.15) is 13.8 Å². The summed E-state index contributed by atoms with van der Waals surface area (Å²) >= 11 is 0. The molecular weight excluding hydrogens is 118 g/mol. The van der Waals surface area contributed by atoms with Gasteiger partial charge in [0, 0.05) is 13.2 Å². The van der Waals surface area contributed by atoms with E-state index < -0.39 is 0 Å². The maximum Gasteiger partial charge on any atom is 0.130 e. The lowest BCUT2D eigenvalue weighted by Crippen LogP contribution is -1.84. The maximum absolute atomic E-state index is 7.51. The van der Waals surface area contributed by atoms with Crippen molar-refractivity contribution in [3.8, 4) is 6.07 Å². The number of nitriles is 1. The van der Waals surface area contributed by atoms with Gasteiger partial charge in [0.1, 0.15) is 6.61 Å². The molecule has 1 N–H and O–H groups in total. The van der Waals surface area contributed by atoms with Crippen molar-refractivity contribution >= 4 is 0 Å². The van der Waals surface area contributed by atoms with Crippen molar-refractivity contribution in [2.75, 3.05) is 19.8 Å². The summed E-state index contributed by atoms with van der Waals surface area (Å²) in [6, 6.07) is 1.49. The Bertz CT molecular complexity index is 65.9. The van der Waals surface area contributed by atoms with Gasteiger partial charge in [-0.2, -0.15) is 5.26 Å². The van der Waals surface area contributed by atoms with Crippen LogP contribution < -0.4 is 0 Å². The first-order valence-electron chi connectivity index (χ1n) is 2.88. The Labute approximate surface area is 55.9 Å². The van der Waals surface area contributed by atoms with Gasteiger partial charge in [-0.1, -0.05) is 0 Å². The Morgan fingerprint density at radius 3 is 1.78 bits per heavy atom. The molecule has 0 aliphatic rings. The first-order chi connectivity index (χ1) is 4.33. The van der Waals surface area contributed by atoms with Gasteiger partial charge in [0.05, 0.1) is 6.07 Å². The third-order valence-electron chi connectivity index (χ3n) is 0.479. The SMILES string of the molecule is CCOCC.N#CCO. The second-order valence-electron chi connectivity index (χ2n) is 1.10. The summed E-state index contributed by atoms with van der Waals surface area (Å²) in [6.45, 7) is 5.29. The molecule has 0 heterocycles. The topological polar surface area (TPSA) is 53.2 Å². The van der Waals surface area contributed by atoms with Crippen LogP contribution in [0.2, 0.25) is 0 Å². The number of nitrogens with zero attached hydrogens (tertiary/aromatic N) is 1. The number of aliphatic hydroxyl groups is 1. The zero-order chi connectivity index (χ0) is 7.54. The molecule has 0 aliphatic carbocycles.